The third-order valence-corrected chi connectivity index (χ3v) is 4.41. The van der Waals surface area contributed by atoms with Crippen molar-refractivity contribution in [2.24, 2.45) is 0 Å². The van der Waals surface area contributed by atoms with E-state index in [1.54, 1.807) is 0 Å². The Morgan fingerprint density at radius 1 is 0.652 bits per heavy atom. The molecule has 1 amide bonds. The van der Waals surface area contributed by atoms with Gasteiger partial charge in [0.1, 0.15) is 0 Å². The van der Waals surface area contributed by atoms with E-state index in [-0.39, 0.29) is 0 Å². The zero-order valence-electron chi connectivity index (χ0n) is 16.4. The van der Waals surface area contributed by atoms with Crippen LogP contribution in [0.1, 0.15) is 90.9 Å². The van der Waals surface area contributed by atoms with Gasteiger partial charge in [0.15, 0.2) is 0 Å². The normalized spacial score (nSPS) is 11.2. The Bertz CT molecular complexity index is 266. The number of rotatable bonds is 16. The first-order valence-electron chi connectivity index (χ1n) is 10.0. The van der Waals surface area contributed by atoms with Crippen LogP contribution in [-0.4, -0.2) is 49.4 Å². The largest absolute Gasteiger partial charge is 0.343 e. The summed E-state index contributed by atoms with van der Waals surface area (Å²) in [7, 11) is 4.20. The van der Waals surface area contributed by atoms with Crippen LogP contribution in [0.2, 0.25) is 0 Å². The molecule has 0 N–H and O–H groups in total. The Balaban J connectivity index is 4.03. The standard InChI is InChI=1S/C20H42N2O/c1-5-7-9-11-13-16-20(23)22(19-15-17-21(3)4)18-14-12-10-8-6-2/h5-19H2,1-4H3. The second-order valence-electron chi connectivity index (χ2n) is 7.12. The lowest BCUT2D eigenvalue weighted by molar-refractivity contribution is -0.131. The molecule has 0 radical (unpaired) electrons. The van der Waals surface area contributed by atoms with Crippen molar-refractivity contribution in [1.29, 1.82) is 0 Å². The molecule has 0 unspecified atom stereocenters. The predicted octanol–water partition coefficient (Wildman–Crippen LogP) is 5.10. The smallest absolute Gasteiger partial charge is 0.222 e. The lowest BCUT2D eigenvalue weighted by atomic mass is 10.1. The van der Waals surface area contributed by atoms with Crippen LogP contribution in [0.25, 0.3) is 0 Å². The number of nitrogens with zero attached hydrogens (tertiary/aromatic N) is 2. The highest BCUT2D eigenvalue weighted by atomic mass is 16.2. The summed E-state index contributed by atoms with van der Waals surface area (Å²) in [4.78, 5) is 16.8. The van der Waals surface area contributed by atoms with Gasteiger partial charge in [0, 0.05) is 19.5 Å². The maximum absolute atomic E-state index is 12.5. The molecule has 3 nitrogen and oxygen atoms in total. The van der Waals surface area contributed by atoms with Gasteiger partial charge >= 0.3 is 0 Å². The fraction of sp³-hybridized carbons (Fsp3) is 0.950. The van der Waals surface area contributed by atoms with Crippen molar-refractivity contribution < 1.29 is 4.79 Å². The van der Waals surface area contributed by atoms with E-state index in [9.17, 15) is 4.79 Å². The van der Waals surface area contributed by atoms with E-state index < -0.39 is 0 Å². The highest BCUT2D eigenvalue weighted by Gasteiger charge is 2.12. The third kappa shape index (κ3) is 14.7. The van der Waals surface area contributed by atoms with E-state index in [0.29, 0.717) is 5.91 Å². The van der Waals surface area contributed by atoms with Gasteiger partial charge in [0.2, 0.25) is 5.91 Å². The molecule has 0 saturated heterocycles. The van der Waals surface area contributed by atoms with E-state index in [1.807, 2.05) is 0 Å². The SMILES string of the molecule is CCCCCCCC(=O)N(CCCCCCC)CCCN(C)C. The lowest BCUT2D eigenvalue weighted by Gasteiger charge is -2.24. The number of amides is 1. The molecule has 138 valence electrons. The molecule has 0 atom stereocenters. The summed E-state index contributed by atoms with van der Waals surface area (Å²) in [6.45, 7) is 7.44. The Morgan fingerprint density at radius 2 is 1.17 bits per heavy atom. The van der Waals surface area contributed by atoms with Crippen molar-refractivity contribution in [3.63, 3.8) is 0 Å². The maximum atomic E-state index is 12.5. The molecule has 0 aromatic heterocycles. The number of unbranched alkanes of at least 4 members (excludes halogenated alkanes) is 8. The van der Waals surface area contributed by atoms with Crippen LogP contribution < -0.4 is 0 Å². The van der Waals surface area contributed by atoms with Gasteiger partial charge in [0.25, 0.3) is 0 Å². The van der Waals surface area contributed by atoms with Gasteiger partial charge in [-0.3, -0.25) is 4.79 Å². The minimum Gasteiger partial charge on any atom is -0.343 e. The summed E-state index contributed by atoms with van der Waals surface area (Å²) in [6.07, 6.45) is 14.3. The highest BCUT2D eigenvalue weighted by Crippen LogP contribution is 2.10. The summed E-state index contributed by atoms with van der Waals surface area (Å²) in [5.41, 5.74) is 0. The van der Waals surface area contributed by atoms with Crippen LogP contribution in [0.3, 0.4) is 0 Å². The average Bonchev–Trinajstić information content (AvgIpc) is 2.52. The van der Waals surface area contributed by atoms with Gasteiger partial charge in [-0.25, -0.2) is 0 Å². The molecule has 0 bridgehead atoms. The van der Waals surface area contributed by atoms with E-state index in [2.05, 4.69) is 37.7 Å². The fourth-order valence-electron chi connectivity index (χ4n) is 2.88. The summed E-state index contributed by atoms with van der Waals surface area (Å²) in [5, 5.41) is 0. The van der Waals surface area contributed by atoms with Crippen molar-refractivity contribution in [2.75, 3.05) is 33.7 Å². The van der Waals surface area contributed by atoms with Crippen LogP contribution in [0, 0.1) is 0 Å². The van der Waals surface area contributed by atoms with E-state index in [0.717, 1.165) is 38.9 Å². The Morgan fingerprint density at radius 3 is 1.74 bits per heavy atom. The minimum absolute atomic E-state index is 0.385. The van der Waals surface area contributed by atoms with Crippen LogP contribution in [0.15, 0.2) is 0 Å². The quantitative estimate of drug-likeness (QED) is 0.368. The lowest BCUT2D eigenvalue weighted by Crippen LogP contribution is -2.34. The number of carbonyl (C=O) groups is 1. The molecule has 3 heteroatoms. The van der Waals surface area contributed by atoms with Crippen molar-refractivity contribution in [1.82, 2.24) is 9.80 Å². The van der Waals surface area contributed by atoms with Crippen molar-refractivity contribution >= 4 is 5.91 Å². The average molecular weight is 327 g/mol. The predicted molar refractivity (Wildman–Crippen MR) is 102 cm³/mol. The molecule has 0 aliphatic heterocycles. The summed E-state index contributed by atoms with van der Waals surface area (Å²) < 4.78 is 0. The first kappa shape index (κ1) is 22.4. The molecule has 0 heterocycles. The van der Waals surface area contributed by atoms with E-state index in [1.165, 1.54) is 57.8 Å². The van der Waals surface area contributed by atoms with Crippen LogP contribution in [0.5, 0.6) is 0 Å². The first-order valence-corrected chi connectivity index (χ1v) is 10.0. The summed E-state index contributed by atoms with van der Waals surface area (Å²) >= 11 is 0. The molecule has 0 aliphatic rings. The molecule has 0 saturated carbocycles. The zero-order valence-corrected chi connectivity index (χ0v) is 16.4. The fourth-order valence-corrected chi connectivity index (χ4v) is 2.88. The summed E-state index contributed by atoms with van der Waals surface area (Å²) in [5.74, 6) is 0.385. The molecule has 0 fully saturated rings. The van der Waals surface area contributed by atoms with Crippen molar-refractivity contribution in [3.05, 3.63) is 0 Å². The zero-order chi connectivity index (χ0) is 17.3. The Kier molecular flexibility index (Phi) is 15.9. The second-order valence-corrected chi connectivity index (χ2v) is 7.12. The van der Waals surface area contributed by atoms with Gasteiger partial charge in [-0.2, -0.15) is 0 Å². The Hall–Kier alpha value is -0.570. The maximum Gasteiger partial charge on any atom is 0.222 e. The van der Waals surface area contributed by atoms with Crippen molar-refractivity contribution in [2.45, 2.75) is 90.9 Å². The van der Waals surface area contributed by atoms with E-state index in [4.69, 9.17) is 0 Å². The van der Waals surface area contributed by atoms with Gasteiger partial charge in [-0.1, -0.05) is 65.2 Å². The van der Waals surface area contributed by atoms with Gasteiger partial charge in [-0.15, -0.1) is 0 Å². The molecule has 23 heavy (non-hydrogen) atoms. The highest BCUT2D eigenvalue weighted by molar-refractivity contribution is 5.76. The summed E-state index contributed by atoms with van der Waals surface area (Å²) in [6, 6.07) is 0. The monoisotopic (exact) mass is 326 g/mol. The minimum atomic E-state index is 0.385. The van der Waals surface area contributed by atoms with Gasteiger partial charge < -0.3 is 9.80 Å². The van der Waals surface area contributed by atoms with Gasteiger partial charge in [-0.05, 0) is 39.9 Å². The number of carbonyl (C=O) groups excluding carboxylic acids is 1. The topological polar surface area (TPSA) is 23.6 Å². The number of hydrogen-bond donors (Lipinski definition) is 0. The molecule has 0 rings (SSSR count). The van der Waals surface area contributed by atoms with Crippen molar-refractivity contribution in [3.8, 4) is 0 Å². The van der Waals surface area contributed by atoms with E-state index >= 15 is 0 Å². The third-order valence-electron chi connectivity index (χ3n) is 4.41. The van der Waals surface area contributed by atoms with Gasteiger partial charge in [0.05, 0.1) is 0 Å². The first-order chi connectivity index (χ1) is 11.1. The number of hydrogen-bond acceptors (Lipinski definition) is 2. The Labute approximate surface area is 145 Å². The molecule has 0 aromatic rings. The second kappa shape index (κ2) is 16.3. The van der Waals surface area contributed by atoms with Crippen LogP contribution >= 0.6 is 0 Å². The van der Waals surface area contributed by atoms with Crippen LogP contribution in [0.4, 0.5) is 0 Å². The molecule has 0 aliphatic carbocycles. The molecule has 0 aromatic carbocycles. The van der Waals surface area contributed by atoms with Crippen LogP contribution in [-0.2, 0) is 4.79 Å². The molecular formula is C20H42N2O. The molecular weight excluding hydrogens is 284 g/mol. The molecule has 0 spiro atoms.